The van der Waals surface area contributed by atoms with Crippen molar-refractivity contribution < 1.29 is 0 Å². The highest BCUT2D eigenvalue weighted by atomic mass is 15.2. The standard InChI is InChI=1S/C8H17N/c1-3-8(2)7-9-5-4-6-9/h8H,3-7H2,1-2H3. The van der Waals surface area contributed by atoms with E-state index in [1.807, 2.05) is 0 Å². The predicted molar refractivity (Wildman–Crippen MR) is 40.5 cm³/mol. The van der Waals surface area contributed by atoms with Crippen LogP contribution in [-0.2, 0) is 0 Å². The summed E-state index contributed by atoms with van der Waals surface area (Å²) in [6, 6.07) is 0. The maximum Gasteiger partial charge on any atom is 0.000693 e. The third kappa shape index (κ3) is 1.98. The second kappa shape index (κ2) is 3.21. The fraction of sp³-hybridized carbons (Fsp3) is 1.00. The first-order chi connectivity index (χ1) is 4.33. The maximum atomic E-state index is 2.54. The molecule has 54 valence electrons. The molecule has 0 amide bonds. The molecule has 1 heteroatoms. The summed E-state index contributed by atoms with van der Waals surface area (Å²) in [5, 5.41) is 0. The lowest BCUT2D eigenvalue weighted by Crippen LogP contribution is -2.39. The minimum atomic E-state index is 0.908. The van der Waals surface area contributed by atoms with E-state index in [4.69, 9.17) is 0 Å². The van der Waals surface area contributed by atoms with E-state index >= 15 is 0 Å². The SMILES string of the molecule is CCC(C)CN1CCC1. The summed E-state index contributed by atoms with van der Waals surface area (Å²) in [7, 11) is 0. The molecule has 0 bridgehead atoms. The van der Waals surface area contributed by atoms with Crippen LogP contribution in [0.15, 0.2) is 0 Å². The second-order valence-electron chi connectivity index (χ2n) is 3.17. The lowest BCUT2D eigenvalue weighted by molar-refractivity contribution is 0.155. The minimum Gasteiger partial charge on any atom is -0.303 e. The highest BCUT2D eigenvalue weighted by molar-refractivity contribution is 4.69. The van der Waals surface area contributed by atoms with Crippen LogP contribution in [0.1, 0.15) is 26.7 Å². The summed E-state index contributed by atoms with van der Waals surface area (Å²) in [5.74, 6) is 0.908. The van der Waals surface area contributed by atoms with Gasteiger partial charge in [-0.1, -0.05) is 20.3 Å². The van der Waals surface area contributed by atoms with Gasteiger partial charge >= 0.3 is 0 Å². The van der Waals surface area contributed by atoms with Gasteiger partial charge in [0.25, 0.3) is 0 Å². The first-order valence-corrected chi connectivity index (χ1v) is 4.05. The van der Waals surface area contributed by atoms with Gasteiger partial charge in [0.05, 0.1) is 0 Å². The van der Waals surface area contributed by atoms with Crippen molar-refractivity contribution in [1.29, 1.82) is 0 Å². The second-order valence-corrected chi connectivity index (χ2v) is 3.17. The number of rotatable bonds is 3. The molecule has 0 saturated carbocycles. The smallest absolute Gasteiger partial charge is 0.000693 e. The summed E-state index contributed by atoms with van der Waals surface area (Å²) in [6.45, 7) is 8.63. The molecule has 1 aliphatic rings. The monoisotopic (exact) mass is 127 g/mol. The molecule has 1 fully saturated rings. The van der Waals surface area contributed by atoms with Crippen LogP contribution >= 0.6 is 0 Å². The van der Waals surface area contributed by atoms with Gasteiger partial charge in [0, 0.05) is 6.54 Å². The highest BCUT2D eigenvalue weighted by Gasteiger charge is 2.14. The van der Waals surface area contributed by atoms with E-state index in [1.165, 1.54) is 32.5 Å². The molecule has 0 aromatic heterocycles. The van der Waals surface area contributed by atoms with Crippen LogP contribution in [-0.4, -0.2) is 24.5 Å². The third-order valence-corrected chi connectivity index (χ3v) is 2.22. The normalized spacial score (nSPS) is 23.3. The average molecular weight is 127 g/mol. The van der Waals surface area contributed by atoms with E-state index in [1.54, 1.807) is 0 Å². The van der Waals surface area contributed by atoms with Gasteiger partial charge in [-0.2, -0.15) is 0 Å². The molecule has 1 atom stereocenters. The van der Waals surface area contributed by atoms with E-state index in [0.29, 0.717) is 0 Å². The van der Waals surface area contributed by atoms with Crippen molar-refractivity contribution in [3.63, 3.8) is 0 Å². The summed E-state index contributed by atoms with van der Waals surface area (Å²) < 4.78 is 0. The first kappa shape index (κ1) is 7.07. The Hall–Kier alpha value is -0.0400. The largest absolute Gasteiger partial charge is 0.303 e. The van der Waals surface area contributed by atoms with Crippen LogP contribution in [0.4, 0.5) is 0 Å². The van der Waals surface area contributed by atoms with Gasteiger partial charge in [-0.05, 0) is 25.4 Å². The van der Waals surface area contributed by atoms with Gasteiger partial charge in [0.1, 0.15) is 0 Å². The molecule has 1 rings (SSSR count). The number of hydrogen-bond acceptors (Lipinski definition) is 1. The van der Waals surface area contributed by atoms with E-state index in [0.717, 1.165) is 5.92 Å². The Morgan fingerprint density at radius 2 is 2.11 bits per heavy atom. The molecule has 1 unspecified atom stereocenters. The molecule has 1 aliphatic heterocycles. The zero-order valence-electron chi connectivity index (χ0n) is 6.56. The van der Waals surface area contributed by atoms with Crippen LogP contribution in [0.5, 0.6) is 0 Å². The van der Waals surface area contributed by atoms with Crippen LogP contribution in [0.25, 0.3) is 0 Å². The van der Waals surface area contributed by atoms with Crippen molar-refractivity contribution >= 4 is 0 Å². The lowest BCUT2D eigenvalue weighted by Gasteiger charge is -2.32. The Balaban J connectivity index is 2.01. The predicted octanol–water partition coefficient (Wildman–Crippen LogP) is 1.74. The van der Waals surface area contributed by atoms with E-state index in [-0.39, 0.29) is 0 Å². The van der Waals surface area contributed by atoms with Crippen molar-refractivity contribution in [2.45, 2.75) is 26.7 Å². The van der Waals surface area contributed by atoms with E-state index < -0.39 is 0 Å². The molecule has 0 radical (unpaired) electrons. The fourth-order valence-corrected chi connectivity index (χ4v) is 1.13. The van der Waals surface area contributed by atoms with Crippen molar-refractivity contribution in [2.75, 3.05) is 19.6 Å². The van der Waals surface area contributed by atoms with Crippen molar-refractivity contribution in [3.05, 3.63) is 0 Å². The van der Waals surface area contributed by atoms with Gasteiger partial charge in [-0.25, -0.2) is 0 Å². The Labute approximate surface area is 58.0 Å². The first-order valence-electron chi connectivity index (χ1n) is 4.05. The molecule has 1 heterocycles. The summed E-state index contributed by atoms with van der Waals surface area (Å²) in [5.41, 5.74) is 0. The van der Waals surface area contributed by atoms with Crippen LogP contribution < -0.4 is 0 Å². The van der Waals surface area contributed by atoms with Crippen molar-refractivity contribution in [1.82, 2.24) is 4.90 Å². The summed E-state index contributed by atoms with van der Waals surface area (Å²) in [6.07, 6.45) is 2.76. The molecule has 0 aromatic rings. The average Bonchev–Trinajstić information content (AvgIpc) is 1.78. The van der Waals surface area contributed by atoms with Crippen molar-refractivity contribution in [2.24, 2.45) is 5.92 Å². The molecule has 0 N–H and O–H groups in total. The zero-order valence-corrected chi connectivity index (χ0v) is 6.56. The number of likely N-dealkylation sites (tertiary alicyclic amines) is 1. The van der Waals surface area contributed by atoms with Crippen LogP contribution in [0.2, 0.25) is 0 Å². The maximum absolute atomic E-state index is 2.54. The van der Waals surface area contributed by atoms with Gasteiger partial charge < -0.3 is 4.90 Å². The third-order valence-electron chi connectivity index (χ3n) is 2.22. The van der Waals surface area contributed by atoms with Gasteiger partial charge in [-0.15, -0.1) is 0 Å². The Bertz CT molecular complexity index is 73.9. The molecule has 0 aliphatic carbocycles. The molecular formula is C8H17N. The molecule has 0 aromatic carbocycles. The van der Waals surface area contributed by atoms with Crippen molar-refractivity contribution in [3.8, 4) is 0 Å². The molecule has 1 nitrogen and oxygen atoms in total. The summed E-state index contributed by atoms with van der Waals surface area (Å²) in [4.78, 5) is 2.54. The molecular weight excluding hydrogens is 110 g/mol. The Kier molecular flexibility index (Phi) is 2.52. The fourth-order valence-electron chi connectivity index (χ4n) is 1.13. The topological polar surface area (TPSA) is 3.24 Å². The van der Waals surface area contributed by atoms with Gasteiger partial charge in [0.15, 0.2) is 0 Å². The molecule has 1 saturated heterocycles. The molecule has 9 heavy (non-hydrogen) atoms. The van der Waals surface area contributed by atoms with Gasteiger partial charge in [0.2, 0.25) is 0 Å². The Morgan fingerprint density at radius 3 is 2.44 bits per heavy atom. The number of nitrogens with zero attached hydrogens (tertiary/aromatic N) is 1. The lowest BCUT2D eigenvalue weighted by atomic mass is 10.1. The zero-order chi connectivity index (χ0) is 6.69. The molecule has 0 spiro atoms. The Morgan fingerprint density at radius 1 is 1.44 bits per heavy atom. The van der Waals surface area contributed by atoms with Gasteiger partial charge in [-0.3, -0.25) is 0 Å². The van der Waals surface area contributed by atoms with E-state index in [9.17, 15) is 0 Å². The minimum absolute atomic E-state index is 0.908. The summed E-state index contributed by atoms with van der Waals surface area (Å²) >= 11 is 0. The van der Waals surface area contributed by atoms with Crippen LogP contribution in [0, 0.1) is 5.92 Å². The quantitative estimate of drug-likeness (QED) is 0.558. The number of hydrogen-bond donors (Lipinski definition) is 0. The highest BCUT2D eigenvalue weighted by Crippen LogP contribution is 2.10. The van der Waals surface area contributed by atoms with Crippen LogP contribution in [0.3, 0.4) is 0 Å². The van der Waals surface area contributed by atoms with E-state index in [2.05, 4.69) is 18.7 Å².